The molecule has 0 N–H and O–H groups in total. The molecule has 1 heterocycles. The Labute approximate surface area is 116 Å². The molecule has 2 aromatic carbocycles. The standard InChI is InChI=1S/C15H12ClNO2/c1-10(16)15(18)17-11-6-2-4-8-13(11)19-14-9-5-3-7-12(14)17/h2-10H,1H3. The van der Waals surface area contributed by atoms with Crippen LogP contribution in [0.25, 0.3) is 0 Å². The quantitative estimate of drug-likeness (QED) is 0.733. The van der Waals surface area contributed by atoms with Gasteiger partial charge in [-0.05, 0) is 31.2 Å². The molecule has 0 radical (unpaired) electrons. The van der Waals surface area contributed by atoms with Gasteiger partial charge in [-0.25, -0.2) is 0 Å². The lowest BCUT2D eigenvalue weighted by molar-refractivity contribution is -0.117. The van der Waals surface area contributed by atoms with Crippen LogP contribution in [-0.4, -0.2) is 11.3 Å². The molecular weight excluding hydrogens is 262 g/mol. The number of carbonyl (C=O) groups excluding carboxylic acids is 1. The third kappa shape index (κ3) is 1.96. The molecule has 3 nitrogen and oxygen atoms in total. The maximum Gasteiger partial charge on any atom is 0.249 e. The fourth-order valence-corrected chi connectivity index (χ4v) is 2.22. The Morgan fingerprint density at radius 2 is 1.53 bits per heavy atom. The topological polar surface area (TPSA) is 29.5 Å². The van der Waals surface area contributed by atoms with Crippen LogP contribution in [0, 0.1) is 0 Å². The lowest BCUT2D eigenvalue weighted by Gasteiger charge is -2.31. The largest absolute Gasteiger partial charge is 0.453 e. The number of benzene rings is 2. The smallest absolute Gasteiger partial charge is 0.249 e. The summed E-state index contributed by atoms with van der Waals surface area (Å²) >= 11 is 5.96. The van der Waals surface area contributed by atoms with Gasteiger partial charge in [0.2, 0.25) is 5.91 Å². The molecule has 96 valence electrons. The van der Waals surface area contributed by atoms with Crippen LogP contribution in [0.1, 0.15) is 6.92 Å². The van der Waals surface area contributed by atoms with Crippen molar-refractivity contribution in [1.82, 2.24) is 0 Å². The van der Waals surface area contributed by atoms with Crippen LogP contribution in [0.2, 0.25) is 0 Å². The lowest BCUT2D eigenvalue weighted by Crippen LogP contribution is -2.33. The normalized spacial score (nSPS) is 14.1. The third-order valence-corrected chi connectivity index (χ3v) is 3.18. The van der Waals surface area contributed by atoms with E-state index in [1.54, 1.807) is 11.8 Å². The summed E-state index contributed by atoms with van der Waals surface area (Å²) in [7, 11) is 0. The van der Waals surface area contributed by atoms with E-state index in [0.29, 0.717) is 11.5 Å². The van der Waals surface area contributed by atoms with E-state index < -0.39 is 5.38 Å². The summed E-state index contributed by atoms with van der Waals surface area (Å²) in [6.07, 6.45) is 0. The Hall–Kier alpha value is -2.00. The Balaban J connectivity index is 2.19. The van der Waals surface area contributed by atoms with Crippen molar-refractivity contribution in [3.63, 3.8) is 0 Å². The van der Waals surface area contributed by atoms with Crippen molar-refractivity contribution >= 4 is 28.9 Å². The number of hydrogen-bond acceptors (Lipinski definition) is 2. The van der Waals surface area contributed by atoms with E-state index in [-0.39, 0.29) is 5.91 Å². The van der Waals surface area contributed by atoms with E-state index in [9.17, 15) is 4.79 Å². The number of amides is 1. The average molecular weight is 274 g/mol. The maximum atomic E-state index is 12.4. The van der Waals surface area contributed by atoms with Crippen molar-refractivity contribution in [2.75, 3.05) is 4.90 Å². The second kappa shape index (κ2) is 4.59. The molecule has 1 aliphatic heterocycles. The minimum absolute atomic E-state index is 0.162. The average Bonchev–Trinajstić information content (AvgIpc) is 2.43. The molecule has 0 saturated carbocycles. The van der Waals surface area contributed by atoms with Gasteiger partial charge in [0.15, 0.2) is 11.5 Å². The Kier molecular flexibility index (Phi) is 2.91. The molecule has 0 fully saturated rings. The van der Waals surface area contributed by atoms with Crippen LogP contribution in [0.3, 0.4) is 0 Å². The van der Waals surface area contributed by atoms with Gasteiger partial charge >= 0.3 is 0 Å². The predicted octanol–water partition coefficient (Wildman–Crippen LogP) is 4.08. The minimum atomic E-state index is -0.598. The number of para-hydroxylation sites is 4. The Morgan fingerprint density at radius 1 is 1.05 bits per heavy atom. The van der Waals surface area contributed by atoms with Crippen LogP contribution < -0.4 is 9.64 Å². The molecule has 4 heteroatoms. The number of fused-ring (bicyclic) bond motifs is 2. The highest BCUT2D eigenvalue weighted by atomic mass is 35.5. The van der Waals surface area contributed by atoms with Crippen LogP contribution in [-0.2, 0) is 4.79 Å². The molecule has 3 rings (SSSR count). The first-order valence-electron chi connectivity index (χ1n) is 6.02. The first kappa shape index (κ1) is 12.1. The van der Waals surface area contributed by atoms with Crippen LogP contribution in [0.4, 0.5) is 11.4 Å². The fourth-order valence-electron chi connectivity index (χ4n) is 2.12. The van der Waals surface area contributed by atoms with Crippen molar-refractivity contribution in [1.29, 1.82) is 0 Å². The number of alkyl halides is 1. The predicted molar refractivity (Wildman–Crippen MR) is 75.4 cm³/mol. The molecule has 0 aliphatic carbocycles. The van der Waals surface area contributed by atoms with Gasteiger partial charge in [0.25, 0.3) is 0 Å². The van der Waals surface area contributed by atoms with E-state index in [0.717, 1.165) is 11.4 Å². The van der Waals surface area contributed by atoms with Crippen molar-refractivity contribution in [2.45, 2.75) is 12.3 Å². The van der Waals surface area contributed by atoms with E-state index in [4.69, 9.17) is 16.3 Å². The van der Waals surface area contributed by atoms with Crippen LogP contribution in [0.15, 0.2) is 48.5 Å². The number of halogens is 1. The van der Waals surface area contributed by atoms with Gasteiger partial charge in [-0.3, -0.25) is 9.69 Å². The monoisotopic (exact) mass is 273 g/mol. The molecule has 19 heavy (non-hydrogen) atoms. The fraction of sp³-hybridized carbons (Fsp3) is 0.133. The van der Waals surface area contributed by atoms with Crippen molar-refractivity contribution in [3.8, 4) is 11.5 Å². The lowest BCUT2D eigenvalue weighted by atomic mass is 10.1. The number of ether oxygens (including phenoxy) is 1. The highest BCUT2D eigenvalue weighted by molar-refractivity contribution is 6.33. The van der Waals surface area contributed by atoms with Crippen molar-refractivity contribution < 1.29 is 9.53 Å². The van der Waals surface area contributed by atoms with Gasteiger partial charge in [0.05, 0.1) is 11.4 Å². The number of rotatable bonds is 1. The summed E-state index contributed by atoms with van der Waals surface area (Å²) in [6.45, 7) is 1.67. The summed E-state index contributed by atoms with van der Waals surface area (Å²) in [5, 5.41) is -0.598. The zero-order chi connectivity index (χ0) is 13.4. The zero-order valence-electron chi connectivity index (χ0n) is 10.3. The summed E-state index contributed by atoms with van der Waals surface area (Å²) in [4.78, 5) is 14.0. The van der Waals surface area contributed by atoms with Gasteiger partial charge in [0, 0.05) is 0 Å². The Bertz CT molecular complexity index is 594. The minimum Gasteiger partial charge on any atom is -0.453 e. The van der Waals surface area contributed by atoms with Crippen LogP contribution in [0.5, 0.6) is 11.5 Å². The highest BCUT2D eigenvalue weighted by Crippen LogP contribution is 2.46. The van der Waals surface area contributed by atoms with E-state index in [1.165, 1.54) is 0 Å². The van der Waals surface area contributed by atoms with E-state index >= 15 is 0 Å². The van der Waals surface area contributed by atoms with Gasteiger partial charge in [-0.2, -0.15) is 0 Å². The number of nitrogens with zero attached hydrogens (tertiary/aromatic N) is 1. The molecule has 0 bridgehead atoms. The first-order chi connectivity index (χ1) is 9.18. The second-order valence-corrected chi connectivity index (χ2v) is 4.98. The number of hydrogen-bond donors (Lipinski definition) is 0. The van der Waals surface area contributed by atoms with Gasteiger partial charge < -0.3 is 4.74 Å². The first-order valence-corrected chi connectivity index (χ1v) is 6.46. The summed E-state index contributed by atoms with van der Waals surface area (Å²) < 4.78 is 5.80. The van der Waals surface area contributed by atoms with E-state index in [2.05, 4.69) is 0 Å². The van der Waals surface area contributed by atoms with E-state index in [1.807, 2.05) is 48.5 Å². The zero-order valence-corrected chi connectivity index (χ0v) is 11.1. The van der Waals surface area contributed by atoms with Gasteiger partial charge in [0.1, 0.15) is 5.38 Å². The maximum absolute atomic E-state index is 12.4. The molecule has 1 unspecified atom stereocenters. The second-order valence-electron chi connectivity index (χ2n) is 4.33. The molecule has 1 atom stereocenters. The molecule has 2 aromatic rings. The Morgan fingerprint density at radius 3 is 2.00 bits per heavy atom. The molecule has 1 amide bonds. The van der Waals surface area contributed by atoms with Crippen LogP contribution >= 0.6 is 11.6 Å². The number of carbonyl (C=O) groups is 1. The summed E-state index contributed by atoms with van der Waals surface area (Å²) in [6, 6.07) is 14.9. The third-order valence-electron chi connectivity index (χ3n) is 2.99. The molecular formula is C15H12ClNO2. The highest BCUT2D eigenvalue weighted by Gasteiger charge is 2.30. The molecule has 0 saturated heterocycles. The summed E-state index contributed by atoms with van der Waals surface area (Å²) in [5.41, 5.74) is 1.44. The molecule has 0 spiro atoms. The van der Waals surface area contributed by atoms with Crippen molar-refractivity contribution in [2.24, 2.45) is 0 Å². The molecule has 1 aliphatic rings. The SMILES string of the molecule is CC(Cl)C(=O)N1c2ccccc2Oc2ccccc21. The van der Waals surface area contributed by atoms with Crippen molar-refractivity contribution in [3.05, 3.63) is 48.5 Å². The molecule has 0 aromatic heterocycles. The van der Waals surface area contributed by atoms with Gasteiger partial charge in [-0.15, -0.1) is 11.6 Å². The number of anilines is 2. The van der Waals surface area contributed by atoms with Gasteiger partial charge in [-0.1, -0.05) is 24.3 Å². The summed E-state index contributed by atoms with van der Waals surface area (Å²) in [5.74, 6) is 1.16.